The molecule has 0 spiro atoms. The van der Waals surface area contributed by atoms with Gasteiger partial charge in [-0.2, -0.15) is 0 Å². The Kier molecular flexibility index (Phi) is 6.64. The standard InChI is InChI=1S/C15H26N2O2/c1-4-13(9-10-16)6-8-15(18)17-12(3)14-7-5-11(2)19-14/h5,7,12-13H,4,6,8-10,16H2,1-3H3,(H,17,18). The Morgan fingerprint density at radius 1 is 1.42 bits per heavy atom. The van der Waals surface area contributed by atoms with Crippen LogP contribution in [-0.4, -0.2) is 12.5 Å². The summed E-state index contributed by atoms with van der Waals surface area (Å²) in [5.41, 5.74) is 5.56. The zero-order valence-electron chi connectivity index (χ0n) is 12.2. The molecule has 0 radical (unpaired) electrons. The minimum Gasteiger partial charge on any atom is -0.464 e. The molecular formula is C15H26N2O2. The Labute approximate surface area is 115 Å². The SMILES string of the molecule is CCC(CCN)CCC(=O)NC(C)c1ccc(C)o1. The van der Waals surface area contributed by atoms with Crippen LogP contribution >= 0.6 is 0 Å². The Balaban J connectivity index is 2.34. The predicted octanol–water partition coefficient (Wildman–Crippen LogP) is 2.92. The summed E-state index contributed by atoms with van der Waals surface area (Å²) in [6, 6.07) is 3.74. The van der Waals surface area contributed by atoms with Gasteiger partial charge in [0.25, 0.3) is 0 Å². The van der Waals surface area contributed by atoms with E-state index in [1.54, 1.807) is 0 Å². The van der Waals surface area contributed by atoms with Gasteiger partial charge in [-0.3, -0.25) is 4.79 Å². The average Bonchev–Trinajstić information content (AvgIpc) is 2.81. The third-order valence-electron chi connectivity index (χ3n) is 3.50. The summed E-state index contributed by atoms with van der Waals surface area (Å²) < 4.78 is 5.50. The number of carbonyl (C=O) groups is 1. The van der Waals surface area contributed by atoms with Crippen molar-refractivity contribution in [3.05, 3.63) is 23.7 Å². The van der Waals surface area contributed by atoms with Gasteiger partial charge in [0, 0.05) is 6.42 Å². The number of aryl methyl sites for hydroxylation is 1. The summed E-state index contributed by atoms with van der Waals surface area (Å²) in [5.74, 6) is 2.30. The van der Waals surface area contributed by atoms with Gasteiger partial charge in [0.15, 0.2) is 0 Å². The van der Waals surface area contributed by atoms with Crippen LogP contribution in [-0.2, 0) is 4.79 Å². The molecule has 0 saturated heterocycles. The van der Waals surface area contributed by atoms with Gasteiger partial charge in [-0.25, -0.2) is 0 Å². The molecule has 1 heterocycles. The van der Waals surface area contributed by atoms with Gasteiger partial charge < -0.3 is 15.5 Å². The zero-order chi connectivity index (χ0) is 14.3. The normalized spacial score (nSPS) is 14.1. The highest BCUT2D eigenvalue weighted by atomic mass is 16.3. The van der Waals surface area contributed by atoms with Crippen LogP contribution in [0.4, 0.5) is 0 Å². The van der Waals surface area contributed by atoms with E-state index in [-0.39, 0.29) is 11.9 Å². The number of amides is 1. The van der Waals surface area contributed by atoms with E-state index in [2.05, 4.69) is 12.2 Å². The smallest absolute Gasteiger partial charge is 0.220 e. The molecular weight excluding hydrogens is 240 g/mol. The van der Waals surface area contributed by atoms with Crippen molar-refractivity contribution in [3.8, 4) is 0 Å². The maximum atomic E-state index is 11.9. The average molecular weight is 266 g/mol. The fourth-order valence-corrected chi connectivity index (χ4v) is 2.19. The molecule has 1 aromatic heterocycles. The first kappa shape index (κ1) is 15.8. The number of hydrogen-bond donors (Lipinski definition) is 2. The highest BCUT2D eigenvalue weighted by Gasteiger charge is 2.14. The molecule has 1 rings (SSSR count). The maximum Gasteiger partial charge on any atom is 0.220 e. The van der Waals surface area contributed by atoms with E-state index in [0.29, 0.717) is 18.9 Å². The van der Waals surface area contributed by atoms with Gasteiger partial charge in [-0.15, -0.1) is 0 Å². The molecule has 0 aliphatic carbocycles. The summed E-state index contributed by atoms with van der Waals surface area (Å²) in [7, 11) is 0. The molecule has 0 bridgehead atoms. The lowest BCUT2D eigenvalue weighted by Crippen LogP contribution is -2.26. The summed E-state index contributed by atoms with van der Waals surface area (Å²) in [6.45, 7) is 6.68. The molecule has 2 unspecified atom stereocenters. The van der Waals surface area contributed by atoms with E-state index in [0.717, 1.165) is 30.8 Å². The molecule has 0 aliphatic heterocycles. The molecule has 4 nitrogen and oxygen atoms in total. The molecule has 0 saturated carbocycles. The molecule has 19 heavy (non-hydrogen) atoms. The van der Waals surface area contributed by atoms with Crippen molar-refractivity contribution >= 4 is 5.91 Å². The zero-order valence-corrected chi connectivity index (χ0v) is 12.2. The lowest BCUT2D eigenvalue weighted by atomic mass is 9.96. The van der Waals surface area contributed by atoms with Crippen LogP contribution in [0.2, 0.25) is 0 Å². The number of carbonyl (C=O) groups excluding carboxylic acids is 1. The third kappa shape index (κ3) is 5.47. The van der Waals surface area contributed by atoms with Gasteiger partial charge in [-0.05, 0) is 51.3 Å². The molecule has 1 amide bonds. The van der Waals surface area contributed by atoms with Crippen LogP contribution in [0.25, 0.3) is 0 Å². The molecule has 0 aromatic carbocycles. The van der Waals surface area contributed by atoms with Gasteiger partial charge in [-0.1, -0.05) is 13.3 Å². The lowest BCUT2D eigenvalue weighted by Gasteiger charge is -2.15. The maximum absolute atomic E-state index is 11.9. The van der Waals surface area contributed by atoms with Crippen molar-refractivity contribution in [1.29, 1.82) is 0 Å². The van der Waals surface area contributed by atoms with Gasteiger partial charge in [0.1, 0.15) is 11.5 Å². The van der Waals surface area contributed by atoms with Crippen molar-refractivity contribution in [3.63, 3.8) is 0 Å². The fraction of sp³-hybridized carbons (Fsp3) is 0.667. The van der Waals surface area contributed by atoms with Gasteiger partial charge in [0.2, 0.25) is 5.91 Å². The van der Waals surface area contributed by atoms with Crippen molar-refractivity contribution in [2.24, 2.45) is 11.7 Å². The molecule has 2 atom stereocenters. The Morgan fingerprint density at radius 3 is 2.68 bits per heavy atom. The molecule has 108 valence electrons. The number of nitrogens with one attached hydrogen (secondary N) is 1. The van der Waals surface area contributed by atoms with Gasteiger partial charge in [0.05, 0.1) is 6.04 Å². The predicted molar refractivity (Wildman–Crippen MR) is 76.7 cm³/mol. The number of rotatable bonds is 8. The topological polar surface area (TPSA) is 68.3 Å². The monoisotopic (exact) mass is 266 g/mol. The van der Waals surface area contributed by atoms with Crippen LogP contribution in [0.3, 0.4) is 0 Å². The summed E-state index contributed by atoms with van der Waals surface area (Å²) in [4.78, 5) is 11.9. The second-order valence-corrected chi connectivity index (χ2v) is 5.13. The highest BCUT2D eigenvalue weighted by Crippen LogP contribution is 2.17. The van der Waals surface area contributed by atoms with Crippen molar-refractivity contribution in [2.45, 2.75) is 52.5 Å². The van der Waals surface area contributed by atoms with Gasteiger partial charge >= 0.3 is 0 Å². The van der Waals surface area contributed by atoms with Crippen LogP contribution in [0, 0.1) is 12.8 Å². The Hall–Kier alpha value is -1.29. The summed E-state index contributed by atoms with van der Waals surface area (Å²) in [6.07, 6.45) is 3.54. The second-order valence-electron chi connectivity index (χ2n) is 5.13. The minimum atomic E-state index is -0.0733. The summed E-state index contributed by atoms with van der Waals surface area (Å²) in [5, 5.41) is 2.97. The van der Waals surface area contributed by atoms with Crippen molar-refractivity contribution in [2.75, 3.05) is 6.54 Å². The first-order valence-corrected chi connectivity index (χ1v) is 7.12. The van der Waals surface area contributed by atoms with E-state index >= 15 is 0 Å². The fourth-order valence-electron chi connectivity index (χ4n) is 2.19. The van der Waals surface area contributed by atoms with Crippen molar-refractivity contribution < 1.29 is 9.21 Å². The molecule has 0 fully saturated rings. The van der Waals surface area contributed by atoms with E-state index < -0.39 is 0 Å². The van der Waals surface area contributed by atoms with Crippen molar-refractivity contribution in [1.82, 2.24) is 5.32 Å². The molecule has 0 aliphatic rings. The number of furan rings is 1. The first-order valence-electron chi connectivity index (χ1n) is 7.12. The minimum absolute atomic E-state index is 0.0733. The number of hydrogen-bond acceptors (Lipinski definition) is 3. The lowest BCUT2D eigenvalue weighted by molar-refractivity contribution is -0.122. The Bertz CT molecular complexity index is 387. The third-order valence-corrected chi connectivity index (χ3v) is 3.50. The van der Waals surface area contributed by atoms with E-state index in [1.807, 2.05) is 26.0 Å². The van der Waals surface area contributed by atoms with E-state index in [9.17, 15) is 4.79 Å². The van der Waals surface area contributed by atoms with Crippen LogP contribution in [0.1, 0.15) is 57.1 Å². The van der Waals surface area contributed by atoms with Crippen LogP contribution in [0.15, 0.2) is 16.5 Å². The molecule has 3 N–H and O–H groups in total. The summed E-state index contributed by atoms with van der Waals surface area (Å²) >= 11 is 0. The number of nitrogens with two attached hydrogens (primary N) is 1. The Morgan fingerprint density at radius 2 is 2.16 bits per heavy atom. The largest absolute Gasteiger partial charge is 0.464 e. The molecule has 4 heteroatoms. The second kappa shape index (κ2) is 8.00. The first-order chi connectivity index (χ1) is 9.06. The highest BCUT2D eigenvalue weighted by molar-refractivity contribution is 5.76. The quantitative estimate of drug-likeness (QED) is 0.760. The van der Waals surface area contributed by atoms with E-state index in [4.69, 9.17) is 10.2 Å². The van der Waals surface area contributed by atoms with E-state index in [1.165, 1.54) is 0 Å². The molecule has 1 aromatic rings. The van der Waals surface area contributed by atoms with Crippen LogP contribution in [0.5, 0.6) is 0 Å². The van der Waals surface area contributed by atoms with Crippen LogP contribution < -0.4 is 11.1 Å².